The van der Waals surface area contributed by atoms with Crippen LogP contribution in [0.3, 0.4) is 0 Å². The van der Waals surface area contributed by atoms with Crippen LogP contribution in [0.15, 0.2) is 42.5 Å². The highest BCUT2D eigenvalue weighted by atomic mass is 16.5. The molecule has 2 aromatic carbocycles. The number of hydrogen-bond donors (Lipinski definition) is 1. The Balaban J connectivity index is 1.95. The second kappa shape index (κ2) is 6.07. The van der Waals surface area contributed by atoms with Crippen LogP contribution in [0.4, 0.5) is 0 Å². The van der Waals surface area contributed by atoms with Crippen molar-refractivity contribution in [3.05, 3.63) is 42.5 Å². The van der Waals surface area contributed by atoms with Gasteiger partial charge in [-0.1, -0.05) is 43.3 Å². The molecule has 0 amide bonds. The summed E-state index contributed by atoms with van der Waals surface area (Å²) in [6, 6.07) is 14.5. The molecule has 0 unspecified atom stereocenters. The summed E-state index contributed by atoms with van der Waals surface area (Å²) < 4.78 is 5.90. The van der Waals surface area contributed by atoms with Gasteiger partial charge in [-0.2, -0.15) is 0 Å². The van der Waals surface area contributed by atoms with E-state index in [1.165, 1.54) is 10.8 Å². The van der Waals surface area contributed by atoms with Crippen LogP contribution in [-0.4, -0.2) is 18.7 Å². The molecule has 2 nitrogen and oxygen atoms in total. The van der Waals surface area contributed by atoms with E-state index in [9.17, 15) is 0 Å². The van der Waals surface area contributed by atoms with Crippen molar-refractivity contribution < 1.29 is 4.74 Å². The van der Waals surface area contributed by atoms with E-state index in [1.54, 1.807) is 0 Å². The Morgan fingerprint density at radius 1 is 1.05 bits per heavy atom. The summed E-state index contributed by atoms with van der Waals surface area (Å²) in [6.45, 7) is 8.18. The van der Waals surface area contributed by atoms with Crippen LogP contribution in [0.25, 0.3) is 10.8 Å². The van der Waals surface area contributed by atoms with Gasteiger partial charge in [-0.25, -0.2) is 0 Å². The molecule has 0 saturated heterocycles. The highest BCUT2D eigenvalue weighted by Crippen LogP contribution is 2.24. The fourth-order valence-corrected chi connectivity index (χ4v) is 2.00. The molecule has 2 aromatic rings. The first-order valence-corrected chi connectivity index (χ1v) is 6.98. The zero-order chi connectivity index (χ0) is 13.7. The SMILES string of the molecule is CCC(C)(C)NCCOc1cccc2ccccc12. The summed E-state index contributed by atoms with van der Waals surface area (Å²) in [5.41, 5.74) is 0.183. The van der Waals surface area contributed by atoms with Gasteiger partial charge in [-0.15, -0.1) is 0 Å². The molecule has 0 radical (unpaired) electrons. The third kappa shape index (κ3) is 3.71. The van der Waals surface area contributed by atoms with Gasteiger partial charge in [0, 0.05) is 17.5 Å². The number of benzene rings is 2. The lowest BCUT2D eigenvalue weighted by Crippen LogP contribution is -2.40. The standard InChI is InChI=1S/C17H23NO/c1-4-17(2,3)18-12-13-19-16-11-7-9-14-8-5-6-10-15(14)16/h5-11,18H,4,12-13H2,1-3H3. The summed E-state index contributed by atoms with van der Waals surface area (Å²) in [6.07, 6.45) is 1.11. The number of nitrogens with one attached hydrogen (secondary N) is 1. The number of ether oxygens (including phenoxy) is 1. The molecule has 2 heteroatoms. The first-order chi connectivity index (χ1) is 9.12. The van der Waals surface area contributed by atoms with Gasteiger partial charge < -0.3 is 10.1 Å². The van der Waals surface area contributed by atoms with Crippen molar-refractivity contribution in [3.63, 3.8) is 0 Å². The lowest BCUT2D eigenvalue weighted by atomic mass is 10.0. The Hall–Kier alpha value is -1.54. The lowest BCUT2D eigenvalue weighted by molar-refractivity contribution is 0.283. The molecule has 0 aliphatic rings. The summed E-state index contributed by atoms with van der Waals surface area (Å²) >= 11 is 0. The maximum Gasteiger partial charge on any atom is 0.127 e. The first-order valence-electron chi connectivity index (χ1n) is 6.98. The topological polar surface area (TPSA) is 21.3 Å². The van der Waals surface area contributed by atoms with Crippen LogP contribution >= 0.6 is 0 Å². The van der Waals surface area contributed by atoms with Gasteiger partial charge in [0.25, 0.3) is 0 Å². The molecular weight excluding hydrogens is 234 g/mol. The Morgan fingerprint density at radius 3 is 2.58 bits per heavy atom. The van der Waals surface area contributed by atoms with Crippen molar-refractivity contribution in [1.82, 2.24) is 5.32 Å². The van der Waals surface area contributed by atoms with Crippen LogP contribution in [0.2, 0.25) is 0 Å². The largest absolute Gasteiger partial charge is 0.492 e. The van der Waals surface area contributed by atoms with Crippen LogP contribution in [0.5, 0.6) is 5.75 Å². The Morgan fingerprint density at radius 2 is 1.79 bits per heavy atom. The summed E-state index contributed by atoms with van der Waals surface area (Å²) in [4.78, 5) is 0. The third-order valence-electron chi connectivity index (χ3n) is 3.60. The predicted octanol–water partition coefficient (Wildman–Crippen LogP) is 4.00. The van der Waals surface area contributed by atoms with E-state index < -0.39 is 0 Å². The Labute approximate surface area is 115 Å². The fraction of sp³-hybridized carbons (Fsp3) is 0.412. The third-order valence-corrected chi connectivity index (χ3v) is 3.60. The molecular formula is C17H23NO. The molecule has 0 fully saturated rings. The van der Waals surface area contributed by atoms with Crippen LogP contribution < -0.4 is 10.1 Å². The van der Waals surface area contributed by atoms with Crippen molar-refractivity contribution >= 4 is 10.8 Å². The monoisotopic (exact) mass is 257 g/mol. The van der Waals surface area contributed by atoms with E-state index in [2.05, 4.69) is 50.4 Å². The summed E-state index contributed by atoms with van der Waals surface area (Å²) in [7, 11) is 0. The molecule has 0 bridgehead atoms. The van der Waals surface area contributed by atoms with Gasteiger partial charge in [-0.3, -0.25) is 0 Å². The summed E-state index contributed by atoms with van der Waals surface area (Å²) in [5, 5.41) is 5.91. The average molecular weight is 257 g/mol. The predicted molar refractivity (Wildman–Crippen MR) is 81.8 cm³/mol. The van der Waals surface area contributed by atoms with E-state index in [0.717, 1.165) is 18.7 Å². The molecule has 19 heavy (non-hydrogen) atoms. The van der Waals surface area contributed by atoms with Gasteiger partial charge in [0.15, 0.2) is 0 Å². The van der Waals surface area contributed by atoms with Crippen molar-refractivity contribution in [2.45, 2.75) is 32.7 Å². The zero-order valence-electron chi connectivity index (χ0n) is 12.1. The normalized spacial score (nSPS) is 11.7. The molecule has 0 aliphatic carbocycles. The maximum absolute atomic E-state index is 5.90. The van der Waals surface area contributed by atoms with E-state index >= 15 is 0 Å². The van der Waals surface area contributed by atoms with E-state index in [-0.39, 0.29) is 5.54 Å². The molecule has 0 aliphatic heterocycles. The van der Waals surface area contributed by atoms with Gasteiger partial charge in [0.2, 0.25) is 0 Å². The molecule has 2 rings (SSSR count). The highest BCUT2D eigenvalue weighted by Gasteiger charge is 2.12. The zero-order valence-corrected chi connectivity index (χ0v) is 12.1. The van der Waals surface area contributed by atoms with Gasteiger partial charge in [-0.05, 0) is 31.7 Å². The van der Waals surface area contributed by atoms with Crippen molar-refractivity contribution in [3.8, 4) is 5.75 Å². The maximum atomic E-state index is 5.90. The Kier molecular flexibility index (Phi) is 4.43. The van der Waals surface area contributed by atoms with Crippen molar-refractivity contribution in [1.29, 1.82) is 0 Å². The van der Waals surface area contributed by atoms with E-state index in [1.807, 2.05) is 18.2 Å². The Bertz CT molecular complexity index is 528. The molecule has 102 valence electrons. The van der Waals surface area contributed by atoms with Crippen LogP contribution in [0.1, 0.15) is 27.2 Å². The van der Waals surface area contributed by atoms with Crippen LogP contribution in [0, 0.1) is 0 Å². The van der Waals surface area contributed by atoms with E-state index in [4.69, 9.17) is 4.74 Å². The smallest absolute Gasteiger partial charge is 0.127 e. The number of rotatable bonds is 6. The molecule has 0 spiro atoms. The van der Waals surface area contributed by atoms with Crippen LogP contribution in [-0.2, 0) is 0 Å². The highest BCUT2D eigenvalue weighted by molar-refractivity contribution is 5.88. The van der Waals surface area contributed by atoms with Gasteiger partial charge >= 0.3 is 0 Å². The number of hydrogen-bond acceptors (Lipinski definition) is 2. The first kappa shape index (κ1) is 13.9. The van der Waals surface area contributed by atoms with Gasteiger partial charge in [0.1, 0.15) is 12.4 Å². The average Bonchev–Trinajstić information content (AvgIpc) is 2.44. The molecule has 0 saturated carbocycles. The quantitative estimate of drug-likeness (QED) is 0.790. The van der Waals surface area contributed by atoms with Gasteiger partial charge in [0.05, 0.1) is 0 Å². The molecule has 0 aromatic heterocycles. The fourth-order valence-electron chi connectivity index (χ4n) is 2.00. The minimum absolute atomic E-state index is 0.183. The molecule has 0 heterocycles. The minimum Gasteiger partial charge on any atom is -0.492 e. The van der Waals surface area contributed by atoms with E-state index in [0.29, 0.717) is 6.61 Å². The van der Waals surface area contributed by atoms with Crippen molar-refractivity contribution in [2.24, 2.45) is 0 Å². The summed E-state index contributed by atoms with van der Waals surface area (Å²) in [5.74, 6) is 0.967. The second-order valence-electron chi connectivity index (χ2n) is 5.49. The molecule has 0 atom stereocenters. The molecule has 1 N–H and O–H groups in total. The number of fused-ring (bicyclic) bond motifs is 1. The lowest BCUT2D eigenvalue weighted by Gasteiger charge is -2.24. The minimum atomic E-state index is 0.183. The van der Waals surface area contributed by atoms with Crippen molar-refractivity contribution in [2.75, 3.05) is 13.2 Å². The second-order valence-corrected chi connectivity index (χ2v) is 5.49.